The van der Waals surface area contributed by atoms with E-state index < -0.39 is 0 Å². The van der Waals surface area contributed by atoms with E-state index in [1.165, 1.54) is 12.8 Å². The Bertz CT molecular complexity index is 429. The lowest BCUT2D eigenvalue weighted by molar-refractivity contribution is 0.214. The van der Waals surface area contributed by atoms with Crippen LogP contribution < -0.4 is 5.32 Å². The van der Waals surface area contributed by atoms with Gasteiger partial charge in [0.15, 0.2) is 5.82 Å². The fourth-order valence-corrected chi connectivity index (χ4v) is 3.16. The molecule has 1 aromatic rings. The molecule has 2 atom stereocenters. The van der Waals surface area contributed by atoms with Crippen LogP contribution >= 0.6 is 0 Å². The van der Waals surface area contributed by atoms with Crippen LogP contribution in [0.15, 0.2) is 4.52 Å². The standard InChI is InChI=1S/C14H25N5O/c1-18-7-4-8-19(2)12(10-18)13-16-14(20-17-13)11-5-3-6-15-9-11/h11-12,15H,3-10H2,1-2H3/t11-,12?/m1/s1. The summed E-state index contributed by atoms with van der Waals surface area (Å²) in [7, 11) is 4.32. The van der Waals surface area contributed by atoms with Gasteiger partial charge in [0, 0.05) is 13.1 Å². The molecule has 0 aromatic carbocycles. The Morgan fingerprint density at radius 3 is 2.95 bits per heavy atom. The van der Waals surface area contributed by atoms with Gasteiger partial charge in [-0.25, -0.2) is 0 Å². The Kier molecular flexibility index (Phi) is 4.33. The highest BCUT2D eigenvalue weighted by molar-refractivity contribution is 5.01. The van der Waals surface area contributed by atoms with Gasteiger partial charge in [0.05, 0.1) is 12.0 Å². The summed E-state index contributed by atoms with van der Waals surface area (Å²) >= 11 is 0. The second-order valence-electron chi connectivity index (χ2n) is 6.15. The van der Waals surface area contributed by atoms with Gasteiger partial charge in [0.2, 0.25) is 5.89 Å². The number of likely N-dealkylation sites (N-methyl/N-ethyl adjacent to an activating group) is 2. The molecule has 1 unspecified atom stereocenters. The monoisotopic (exact) mass is 279 g/mol. The first-order chi connectivity index (χ1) is 9.74. The van der Waals surface area contributed by atoms with Crippen molar-refractivity contribution >= 4 is 0 Å². The number of rotatable bonds is 2. The van der Waals surface area contributed by atoms with Crippen LogP contribution in [0.4, 0.5) is 0 Å². The van der Waals surface area contributed by atoms with Gasteiger partial charge in [-0.15, -0.1) is 0 Å². The quantitative estimate of drug-likeness (QED) is 0.866. The Morgan fingerprint density at radius 2 is 2.15 bits per heavy atom. The maximum Gasteiger partial charge on any atom is 0.231 e. The van der Waals surface area contributed by atoms with Gasteiger partial charge in [0.25, 0.3) is 0 Å². The van der Waals surface area contributed by atoms with Crippen molar-refractivity contribution in [3.05, 3.63) is 11.7 Å². The summed E-state index contributed by atoms with van der Waals surface area (Å²) in [5, 5.41) is 7.66. The molecule has 1 N–H and O–H groups in total. The molecular weight excluding hydrogens is 254 g/mol. The van der Waals surface area contributed by atoms with E-state index in [1.54, 1.807) is 0 Å². The zero-order valence-electron chi connectivity index (χ0n) is 12.5. The van der Waals surface area contributed by atoms with E-state index in [2.05, 4.69) is 34.4 Å². The van der Waals surface area contributed by atoms with Crippen molar-refractivity contribution in [3.63, 3.8) is 0 Å². The SMILES string of the molecule is CN1CCCN(C)C(c2noc([C@@H]3CCCNC3)n2)C1. The van der Waals surface area contributed by atoms with E-state index in [4.69, 9.17) is 9.51 Å². The van der Waals surface area contributed by atoms with Crippen LogP contribution in [-0.4, -0.2) is 66.8 Å². The van der Waals surface area contributed by atoms with Gasteiger partial charge in [0.1, 0.15) is 0 Å². The lowest BCUT2D eigenvalue weighted by Crippen LogP contribution is -2.31. The predicted molar refractivity (Wildman–Crippen MR) is 76.6 cm³/mol. The number of nitrogens with one attached hydrogen (secondary N) is 1. The highest BCUT2D eigenvalue weighted by atomic mass is 16.5. The maximum atomic E-state index is 5.54. The first kappa shape index (κ1) is 14.0. The summed E-state index contributed by atoms with van der Waals surface area (Å²) in [6.07, 6.45) is 3.53. The maximum absolute atomic E-state index is 5.54. The molecule has 2 aliphatic rings. The van der Waals surface area contributed by atoms with Crippen LogP contribution in [0.2, 0.25) is 0 Å². The smallest absolute Gasteiger partial charge is 0.231 e. The van der Waals surface area contributed by atoms with Gasteiger partial charge in [-0.3, -0.25) is 4.90 Å². The average Bonchev–Trinajstić information content (AvgIpc) is 2.88. The lowest BCUT2D eigenvalue weighted by Gasteiger charge is -2.24. The second-order valence-corrected chi connectivity index (χ2v) is 6.15. The molecule has 2 aliphatic heterocycles. The van der Waals surface area contributed by atoms with Crippen molar-refractivity contribution in [2.24, 2.45) is 0 Å². The van der Waals surface area contributed by atoms with Crippen molar-refractivity contribution in [1.29, 1.82) is 0 Å². The van der Waals surface area contributed by atoms with Crippen LogP contribution in [0.3, 0.4) is 0 Å². The van der Waals surface area contributed by atoms with Crippen molar-refractivity contribution in [2.45, 2.75) is 31.2 Å². The van der Waals surface area contributed by atoms with E-state index in [1.807, 2.05) is 0 Å². The fourth-order valence-electron chi connectivity index (χ4n) is 3.16. The molecule has 0 radical (unpaired) electrons. The Labute approximate surface area is 120 Å². The summed E-state index contributed by atoms with van der Waals surface area (Å²) < 4.78 is 5.54. The van der Waals surface area contributed by atoms with Crippen molar-refractivity contribution in [2.75, 3.05) is 46.8 Å². The molecule has 3 rings (SSSR count). The normalized spacial score (nSPS) is 30.3. The Balaban J connectivity index is 1.74. The molecule has 0 amide bonds. The molecule has 1 aromatic heterocycles. The minimum absolute atomic E-state index is 0.247. The van der Waals surface area contributed by atoms with Gasteiger partial charge < -0.3 is 14.7 Å². The van der Waals surface area contributed by atoms with Gasteiger partial charge in [-0.05, 0) is 53.0 Å². The highest BCUT2D eigenvalue weighted by Gasteiger charge is 2.28. The number of hydrogen-bond donors (Lipinski definition) is 1. The van der Waals surface area contributed by atoms with Crippen LogP contribution in [-0.2, 0) is 0 Å². The van der Waals surface area contributed by atoms with Gasteiger partial charge in [-0.2, -0.15) is 4.98 Å². The number of piperidine rings is 1. The minimum Gasteiger partial charge on any atom is -0.339 e. The highest BCUT2D eigenvalue weighted by Crippen LogP contribution is 2.25. The number of aromatic nitrogens is 2. The molecule has 0 aliphatic carbocycles. The van der Waals surface area contributed by atoms with E-state index in [9.17, 15) is 0 Å². The number of nitrogens with zero attached hydrogens (tertiary/aromatic N) is 4. The molecule has 6 nitrogen and oxygen atoms in total. The second kappa shape index (κ2) is 6.20. The van der Waals surface area contributed by atoms with Crippen molar-refractivity contribution in [3.8, 4) is 0 Å². The average molecular weight is 279 g/mol. The first-order valence-electron chi connectivity index (χ1n) is 7.67. The Hall–Kier alpha value is -0.980. The van der Waals surface area contributed by atoms with E-state index in [0.717, 1.165) is 50.9 Å². The molecule has 0 bridgehead atoms. The minimum atomic E-state index is 0.247. The largest absolute Gasteiger partial charge is 0.339 e. The van der Waals surface area contributed by atoms with Crippen LogP contribution in [0, 0.1) is 0 Å². The Morgan fingerprint density at radius 1 is 1.25 bits per heavy atom. The zero-order valence-corrected chi connectivity index (χ0v) is 12.5. The summed E-state index contributed by atoms with van der Waals surface area (Å²) in [6, 6.07) is 0.247. The molecular formula is C14H25N5O. The van der Waals surface area contributed by atoms with Crippen LogP contribution in [0.1, 0.15) is 42.9 Å². The third-order valence-electron chi connectivity index (χ3n) is 4.47. The van der Waals surface area contributed by atoms with Crippen molar-refractivity contribution in [1.82, 2.24) is 25.3 Å². The molecule has 0 spiro atoms. The van der Waals surface area contributed by atoms with Gasteiger partial charge >= 0.3 is 0 Å². The molecule has 20 heavy (non-hydrogen) atoms. The predicted octanol–water partition coefficient (Wildman–Crippen LogP) is 0.845. The zero-order chi connectivity index (χ0) is 13.9. The molecule has 6 heteroatoms. The number of hydrogen-bond acceptors (Lipinski definition) is 6. The van der Waals surface area contributed by atoms with Crippen LogP contribution in [0.5, 0.6) is 0 Å². The van der Waals surface area contributed by atoms with Gasteiger partial charge in [-0.1, -0.05) is 5.16 Å². The first-order valence-corrected chi connectivity index (χ1v) is 7.67. The molecule has 2 saturated heterocycles. The third-order valence-corrected chi connectivity index (χ3v) is 4.47. The van der Waals surface area contributed by atoms with E-state index in [-0.39, 0.29) is 6.04 Å². The summed E-state index contributed by atoms with van der Waals surface area (Å²) in [6.45, 7) is 5.26. The topological polar surface area (TPSA) is 57.4 Å². The fraction of sp³-hybridized carbons (Fsp3) is 0.857. The van der Waals surface area contributed by atoms with E-state index >= 15 is 0 Å². The lowest BCUT2D eigenvalue weighted by atomic mass is 10.00. The third kappa shape index (κ3) is 3.02. The van der Waals surface area contributed by atoms with E-state index in [0.29, 0.717) is 5.92 Å². The van der Waals surface area contributed by atoms with Crippen LogP contribution in [0.25, 0.3) is 0 Å². The molecule has 112 valence electrons. The summed E-state index contributed by atoms with van der Waals surface area (Å²) in [4.78, 5) is 9.40. The molecule has 2 fully saturated rings. The van der Waals surface area contributed by atoms with Crippen molar-refractivity contribution < 1.29 is 4.52 Å². The summed E-state index contributed by atoms with van der Waals surface area (Å²) in [5.41, 5.74) is 0. The molecule has 3 heterocycles. The summed E-state index contributed by atoms with van der Waals surface area (Å²) in [5.74, 6) is 2.05. The molecule has 0 saturated carbocycles.